The second-order valence-corrected chi connectivity index (χ2v) is 10.8. The molecule has 0 saturated carbocycles. The van der Waals surface area contributed by atoms with Crippen molar-refractivity contribution in [2.45, 2.75) is 63.5 Å². The van der Waals surface area contributed by atoms with Gasteiger partial charge in [-0.05, 0) is 62.6 Å². The number of hydrogen-bond donors (Lipinski definition) is 2. The van der Waals surface area contributed by atoms with Crippen molar-refractivity contribution in [1.82, 2.24) is 5.32 Å². The Kier molecular flexibility index (Phi) is 6.90. The van der Waals surface area contributed by atoms with Gasteiger partial charge in [0.25, 0.3) is 15.9 Å². The van der Waals surface area contributed by atoms with E-state index in [9.17, 15) is 13.2 Å². The lowest BCUT2D eigenvalue weighted by Gasteiger charge is -2.41. The Labute approximate surface area is 207 Å². The molecule has 0 aliphatic carbocycles. The highest BCUT2D eigenvalue weighted by molar-refractivity contribution is 7.92. The maximum Gasteiger partial charge on any atom is 0.261 e. The number of ether oxygens (including phenoxy) is 1. The zero-order chi connectivity index (χ0) is 25.2. The average Bonchev–Trinajstić information content (AvgIpc) is 2.85. The van der Waals surface area contributed by atoms with E-state index in [4.69, 9.17) is 4.74 Å². The van der Waals surface area contributed by atoms with Gasteiger partial charge in [-0.2, -0.15) is 0 Å². The second kappa shape index (κ2) is 9.74. The fraction of sp³-hybridized carbons (Fsp3) is 0.321. The predicted molar refractivity (Wildman–Crippen MR) is 138 cm³/mol. The first-order valence-electron chi connectivity index (χ1n) is 12.0. The van der Waals surface area contributed by atoms with E-state index in [2.05, 4.69) is 23.9 Å². The SMILES string of the molecule is CCC1(CC)C[C@H](NC(=O)c2cccc(NS(=O)(=O)c3ccc(C)cc3)c2C)c2ccccc2O1. The van der Waals surface area contributed by atoms with Crippen LogP contribution in [0, 0.1) is 13.8 Å². The zero-order valence-corrected chi connectivity index (χ0v) is 21.4. The molecule has 1 aliphatic rings. The number of aryl methyl sites for hydroxylation is 1. The molecule has 1 heterocycles. The van der Waals surface area contributed by atoms with Gasteiger partial charge < -0.3 is 10.1 Å². The summed E-state index contributed by atoms with van der Waals surface area (Å²) in [5, 5.41) is 3.19. The highest BCUT2D eigenvalue weighted by Crippen LogP contribution is 2.42. The number of hydrogen-bond acceptors (Lipinski definition) is 4. The molecule has 1 amide bonds. The van der Waals surface area contributed by atoms with Gasteiger partial charge in [-0.25, -0.2) is 8.42 Å². The molecule has 6 nitrogen and oxygen atoms in total. The van der Waals surface area contributed by atoms with Gasteiger partial charge in [0.2, 0.25) is 0 Å². The number of anilines is 1. The minimum absolute atomic E-state index is 0.173. The molecule has 1 atom stereocenters. The molecule has 184 valence electrons. The van der Waals surface area contributed by atoms with E-state index < -0.39 is 10.0 Å². The van der Waals surface area contributed by atoms with Crippen LogP contribution in [0.3, 0.4) is 0 Å². The van der Waals surface area contributed by atoms with Crippen molar-refractivity contribution in [3.05, 3.63) is 89.0 Å². The molecular weight excluding hydrogens is 460 g/mol. The number of nitrogens with one attached hydrogen (secondary N) is 2. The molecule has 1 aliphatic heterocycles. The van der Waals surface area contributed by atoms with Crippen LogP contribution in [0.4, 0.5) is 5.69 Å². The third kappa shape index (κ3) is 5.05. The van der Waals surface area contributed by atoms with Gasteiger partial charge in [0.15, 0.2) is 0 Å². The number of fused-ring (bicyclic) bond motifs is 1. The minimum Gasteiger partial charge on any atom is -0.487 e. The van der Waals surface area contributed by atoms with Gasteiger partial charge in [0.05, 0.1) is 16.6 Å². The number of amides is 1. The van der Waals surface area contributed by atoms with Gasteiger partial charge in [-0.3, -0.25) is 9.52 Å². The summed E-state index contributed by atoms with van der Waals surface area (Å²) >= 11 is 0. The molecule has 0 radical (unpaired) electrons. The van der Waals surface area contributed by atoms with E-state index in [0.717, 1.165) is 29.7 Å². The van der Waals surface area contributed by atoms with Crippen LogP contribution in [-0.4, -0.2) is 19.9 Å². The first kappa shape index (κ1) is 24.8. The summed E-state index contributed by atoms with van der Waals surface area (Å²) < 4.78 is 34.8. The summed E-state index contributed by atoms with van der Waals surface area (Å²) in [6.07, 6.45) is 2.33. The van der Waals surface area contributed by atoms with Crippen LogP contribution in [0.2, 0.25) is 0 Å². The molecule has 0 fully saturated rings. The monoisotopic (exact) mass is 492 g/mol. The standard InChI is InChI=1S/C28H32N2O4S/c1-5-28(6-2)18-25(23-10-7-8-13-26(23)34-28)29-27(31)22-11-9-12-24(20(22)4)30-35(32,33)21-16-14-19(3)15-17-21/h7-17,25,30H,5-6,18H2,1-4H3,(H,29,31)/t25-/m0/s1. The van der Waals surface area contributed by atoms with E-state index in [-0.39, 0.29) is 22.4 Å². The van der Waals surface area contributed by atoms with Crippen molar-refractivity contribution < 1.29 is 17.9 Å². The van der Waals surface area contributed by atoms with Gasteiger partial charge >= 0.3 is 0 Å². The molecular formula is C28H32N2O4S. The third-order valence-electron chi connectivity index (χ3n) is 6.95. The van der Waals surface area contributed by atoms with Gasteiger partial charge in [-0.1, -0.05) is 55.8 Å². The molecule has 0 aromatic heterocycles. The molecule has 4 rings (SSSR count). The molecule has 35 heavy (non-hydrogen) atoms. The first-order chi connectivity index (χ1) is 16.7. The summed E-state index contributed by atoms with van der Waals surface area (Å²) in [7, 11) is -3.78. The van der Waals surface area contributed by atoms with E-state index >= 15 is 0 Å². The van der Waals surface area contributed by atoms with E-state index in [1.807, 2.05) is 31.2 Å². The minimum atomic E-state index is -3.78. The molecule has 0 spiro atoms. The Morgan fingerprint density at radius 2 is 1.66 bits per heavy atom. The molecule has 0 unspecified atom stereocenters. The molecule has 2 N–H and O–H groups in total. The van der Waals surface area contributed by atoms with E-state index in [1.54, 1.807) is 49.4 Å². The van der Waals surface area contributed by atoms with Crippen LogP contribution >= 0.6 is 0 Å². The Morgan fingerprint density at radius 1 is 0.971 bits per heavy atom. The molecule has 0 saturated heterocycles. The third-order valence-corrected chi connectivity index (χ3v) is 8.33. The lowest BCUT2D eigenvalue weighted by molar-refractivity contribution is 0.0227. The van der Waals surface area contributed by atoms with Crippen molar-refractivity contribution in [3.8, 4) is 5.75 Å². The lowest BCUT2D eigenvalue weighted by Crippen LogP contribution is -2.44. The van der Waals surface area contributed by atoms with E-state index in [0.29, 0.717) is 23.2 Å². The van der Waals surface area contributed by atoms with Crippen LogP contribution in [0.5, 0.6) is 5.75 Å². The summed E-state index contributed by atoms with van der Waals surface area (Å²) in [5.41, 5.74) is 2.96. The number of sulfonamides is 1. The Hall–Kier alpha value is -3.32. The smallest absolute Gasteiger partial charge is 0.261 e. The van der Waals surface area contributed by atoms with Crippen molar-refractivity contribution in [2.75, 3.05) is 4.72 Å². The average molecular weight is 493 g/mol. The number of benzene rings is 3. The highest BCUT2D eigenvalue weighted by Gasteiger charge is 2.39. The molecule has 7 heteroatoms. The van der Waals surface area contributed by atoms with Crippen molar-refractivity contribution in [3.63, 3.8) is 0 Å². The van der Waals surface area contributed by atoms with Crippen molar-refractivity contribution >= 4 is 21.6 Å². The summed E-state index contributed by atoms with van der Waals surface area (Å²) in [4.78, 5) is 13.6. The largest absolute Gasteiger partial charge is 0.487 e. The Balaban J connectivity index is 1.60. The Morgan fingerprint density at radius 3 is 2.34 bits per heavy atom. The number of para-hydroxylation sites is 1. The van der Waals surface area contributed by atoms with Crippen molar-refractivity contribution in [2.24, 2.45) is 0 Å². The predicted octanol–water partition coefficient (Wildman–Crippen LogP) is 5.92. The second-order valence-electron chi connectivity index (χ2n) is 9.16. The summed E-state index contributed by atoms with van der Waals surface area (Å²) in [6.45, 7) is 7.86. The fourth-order valence-electron chi connectivity index (χ4n) is 4.58. The van der Waals surface area contributed by atoms with Gasteiger partial charge in [0.1, 0.15) is 11.4 Å². The summed E-state index contributed by atoms with van der Waals surface area (Å²) in [5.74, 6) is 0.547. The van der Waals surface area contributed by atoms with E-state index in [1.165, 1.54) is 0 Å². The van der Waals surface area contributed by atoms with Crippen LogP contribution < -0.4 is 14.8 Å². The molecule has 3 aromatic rings. The topological polar surface area (TPSA) is 84.5 Å². The lowest BCUT2D eigenvalue weighted by atomic mass is 9.83. The molecule has 3 aromatic carbocycles. The Bertz CT molecular complexity index is 1330. The summed E-state index contributed by atoms with van der Waals surface area (Å²) in [6, 6.07) is 19.3. The van der Waals surface area contributed by atoms with Gasteiger partial charge in [0, 0.05) is 17.5 Å². The number of carbonyl (C=O) groups excluding carboxylic acids is 1. The van der Waals surface area contributed by atoms with Crippen LogP contribution in [-0.2, 0) is 10.0 Å². The normalized spacial score (nSPS) is 16.6. The van der Waals surface area contributed by atoms with Crippen LogP contribution in [0.1, 0.15) is 66.2 Å². The van der Waals surface area contributed by atoms with Gasteiger partial charge in [-0.15, -0.1) is 0 Å². The zero-order valence-electron chi connectivity index (χ0n) is 20.6. The van der Waals surface area contributed by atoms with Crippen LogP contribution in [0.25, 0.3) is 0 Å². The quantitative estimate of drug-likeness (QED) is 0.429. The van der Waals surface area contributed by atoms with Crippen molar-refractivity contribution in [1.29, 1.82) is 0 Å². The maximum atomic E-state index is 13.4. The van der Waals surface area contributed by atoms with Crippen LogP contribution in [0.15, 0.2) is 71.6 Å². The highest BCUT2D eigenvalue weighted by atomic mass is 32.2. The number of carbonyl (C=O) groups is 1. The number of rotatable bonds is 7. The fourth-order valence-corrected chi connectivity index (χ4v) is 5.70. The first-order valence-corrected chi connectivity index (χ1v) is 13.4. The molecule has 0 bridgehead atoms. The maximum absolute atomic E-state index is 13.4.